The van der Waals surface area contributed by atoms with Crippen molar-refractivity contribution in [3.05, 3.63) is 53.1 Å². The number of hydrogen-bond acceptors (Lipinski definition) is 5. The average molecular weight is 409 g/mol. The van der Waals surface area contributed by atoms with Crippen LogP contribution < -0.4 is 25.3 Å². The molecule has 2 rings (SSSR count). The molecule has 1 atom stereocenters. The zero-order chi connectivity index (χ0) is 20.0. The number of methoxy groups -OCH3 is 3. The van der Waals surface area contributed by atoms with Gasteiger partial charge in [-0.2, -0.15) is 0 Å². The van der Waals surface area contributed by atoms with Crippen LogP contribution in [-0.2, 0) is 0 Å². The molecule has 7 heteroatoms. The molecular weight excluding hydrogens is 380 g/mol. The van der Waals surface area contributed by atoms with Crippen LogP contribution >= 0.6 is 12.4 Å². The fourth-order valence-electron chi connectivity index (χ4n) is 2.75. The highest BCUT2D eigenvalue weighted by Gasteiger charge is 2.18. The second-order valence-corrected chi connectivity index (χ2v) is 6.55. The van der Waals surface area contributed by atoms with Gasteiger partial charge in [-0.25, -0.2) is 0 Å². The molecule has 28 heavy (non-hydrogen) atoms. The van der Waals surface area contributed by atoms with Gasteiger partial charge in [-0.15, -0.1) is 12.4 Å². The first kappa shape index (κ1) is 23.6. The summed E-state index contributed by atoms with van der Waals surface area (Å²) < 4.78 is 15.8. The fraction of sp³-hybridized carbons (Fsp3) is 0.381. The van der Waals surface area contributed by atoms with Crippen LogP contribution in [0.15, 0.2) is 36.4 Å². The molecule has 1 amide bonds. The molecule has 154 valence electrons. The maximum absolute atomic E-state index is 12.6. The first-order valence-electron chi connectivity index (χ1n) is 8.84. The molecule has 3 N–H and O–H groups in total. The largest absolute Gasteiger partial charge is 0.496 e. The smallest absolute Gasteiger partial charge is 0.255 e. The minimum Gasteiger partial charge on any atom is -0.496 e. The van der Waals surface area contributed by atoms with Crippen molar-refractivity contribution in [1.82, 2.24) is 5.32 Å². The predicted molar refractivity (Wildman–Crippen MR) is 113 cm³/mol. The first-order valence-corrected chi connectivity index (χ1v) is 8.84. The van der Waals surface area contributed by atoms with Crippen molar-refractivity contribution in [2.45, 2.75) is 25.8 Å². The molecule has 1 unspecified atom stereocenters. The fourth-order valence-corrected chi connectivity index (χ4v) is 2.75. The van der Waals surface area contributed by atoms with Crippen molar-refractivity contribution >= 4 is 18.3 Å². The van der Waals surface area contributed by atoms with E-state index in [-0.39, 0.29) is 24.4 Å². The molecule has 0 radical (unpaired) electrons. The standard InChI is InChI=1S/C21H28N2O4.ClH/c1-13(2)14-6-8-15(9-7-14)17(22)12-23-21(24)16-10-19(26-4)20(27-5)11-18(16)25-3;/h6-11,13,17H,12,22H2,1-5H3,(H,23,24);1H. The number of halogens is 1. The molecule has 0 aromatic heterocycles. The summed E-state index contributed by atoms with van der Waals surface area (Å²) in [4.78, 5) is 12.6. The van der Waals surface area contributed by atoms with E-state index in [0.29, 0.717) is 35.3 Å². The molecule has 2 aromatic rings. The molecule has 0 saturated carbocycles. The van der Waals surface area contributed by atoms with E-state index in [1.54, 1.807) is 12.1 Å². The van der Waals surface area contributed by atoms with Crippen molar-refractivity contribution in [2.24, 2.45) is 5.73 Å². The summed E-state index contributed by atoms with van der Waals surface area (Å²) in [5, 5.41) is 2.86. The third-order valence-electron chi connectivity index (χ3n) is 4.46. The summed E-state index contributed by atoms with van der Waals surface area (Å²) in [6.45, 7) is 4.59. The summed E-state index contributed by atoms with van der Waals surface area (Å²) in [5.41, 5.74) is 8.81. The van der Waals surface area contributed by atoms with E-state index < -0.39 is 0 Å². The number of ether oxygens (including phenoxy) is 3. The lowest BCUT2D eigenvalue weighted by atomic mass is 9.99. The molecule has 0 aliphatic rings. The summed E-state index contributed by atoms with van der Waals surface area (Å²) in [6, 6.07) is 11.1. The normalized spacial score (nSPS) is 11.4. The lowest BCUT2D eigenvalue weighted by molar-refractivity contribution is 0.0947. The van der Waals surface area contributed by atoms with Gasteiger partial charge in [0.2, 0.25) is 0 Å². The van der Waals surface area contributed by atoms with E-state index in [4.69, 9.17) is 19.9 Å². The molecule has 0 spiro atoms. The van der Waals surface area contributed by atoms with E-state index in [9.17, 15) is 4.79 Å². The molecule has 0 aliphatic carbocycles. The van der Waals surface area contributed by atoms with Crippen LogP contribution in [0.1, 0.15) is 47.3 Å². The molecule has 0 saturated heterocycles. The Kier molecular flexibility index (Phi) is 9.09. The zero-order valence-corrected chi connectivity index (χ0v) is 17.8. The number of benzene rings is 2. The van der Waals surface area contributed by atoms with Gasteiger partial charge in [0.25, 0.3) is 5.91 Å². The Bertz CT molecular complexity index is 779. The van der Waals surface area contributed by atoms with E-state index in [2.05, 4.69) is 31.3 Å². The van der Waals surface area contributed by atoms with Crippen LogP contribution in [0.2, 0.25) is 0 Å². The van der Waals surface area contributed by atoms with Crippen molar-refractivity contribution < 1.29 is 19.0 Å². The highest BCUT2D eigenvalue weighted by atomic mass is 35.5. The summed E-state index contributed by atoms with van der Waals surface area (Å²) >= 11 is 0. The molecule has 2 aromatic carbocycles. The van der Waals surface area contributed by atoms with Crippen LogP contribution in [-0.4, -0.2) is 33.8 Å². The maximum atomic E-state index is 12.6. The number of hydrogen-bond donors (Lipinski definition) is 2. The summed E-state index contributed by atoms with van der Waals surface area (Å²) in [5.74, 6) is 1.53. The highest BCUT2D eigenvalue weighted by molar-refractivity contribution is 5.97. The van der Waals surface area contributed by atoms with E-state index >= 15 is 0 Å². The Balaban J connectivity index is 0.00000392. The summed E-state index contributed by atoms with van der Waals surface area (Å²) in [6.07, 6.45) is 0. The number of carbonyl (C=O) groups is 1. The second-order valence-electron chi connectivity index (χ2n) is 6.55. The number of nitrogens with one attached hydrogen (secondary N) is 1. The highest BCUT2D eigenvalue weighted by Crippen LogP contribution is 2.34. The Morgan fingerprint density at radius 3 is 1.93 bits per heavy atom. The minimum absolute atomic E-state index is 0. The Hall–Kier alpha value is -2.44. The third-order valence-corrected chi connectivity index (χ3v) is 4.46. The average Bonchev–Trinajstić information content (AvgIpc) is 2.70. The third kappa shape index (κ3) is 5.53. The van der Waals surface area contributed by atoms with Gasteiger partial charge in [-0.3, -0.25) is 4.79 Å². The van der Waals surface area contributed by atoms with Crippen LogP contribution in [0.4, 0.5) is 0 Å². The zero-order valence-electron chi connectivity index (χ0n) is 16.9. The van der Waals surface area contributed by atoms with Crippen molar-refractivity contribution in [2.75, 3.05) is 27.9 Å². The van der Waals surface area contributed by atoms with Gasteiger partial charge in [0.1, 0.15) is 5.75 Å². The van der Waals surface area contributed by atoms with Gasteiger partial charge in [0, 0.05) is 24.7 Å². The second kappa shape index (κ2) is 10.8. The number of nitrogens with two attached hydrogens (primary N) is 1. The van der Waals surface area contributed by atoms with Crippen molar-refractivity contribution in [1.29, 1.82) is 0 Å². The molecule has 6 nitrogen and oxygen atoms in total. The molecule has 0 bridgehead atoms. The number of carbonyl (C=O) groups excluding carboxylic acids is 1. The van der Waals surface area contributed by atoms with E-state index in [0.717, 1.165) is 5.56 Å². The van der Waals surface area contributed by atoms with Gasteiger partial charge in [-0.1, -0.05) is 38.1 Å². The Labute approximate surface area is 172 Å². The quantitative estimate of drug-likeness (QED) is 0.696. The van der Waals surface area contributed by atoms with E-state index in [1.807, 2.05) is 12.1 Å². The lowest BCUT2D eigenvalue weighted by Gasteiger charge is -2.17. The van der Waals surface area contributed by atoms with Gasteiger partial charge >= 0.3 is 0 Å². The van der Waals surface area contributed by atoms with Gasteiger partial charge in [0.15, 0.2) is 11.5 Å². The van der Waals surface area contributed by atoms with Crippen molar-refractivity contribution in [3.63, 3.8) is 0 Å². The number of rotatable bonds is 8. The molecular formula is C21H29ClN2O4. The van der Waals surface area contributed by atoms with Crippen LogP contribution in [0.25, 0.3) is 0 Å². The number of amides is 1. The maximum Gasteiger partial charge on any atom is 0.255 e. The Morgan fingerprint density at radius 2 is 1.43 bits per heavy atom. The van der Waals surface area contributed by atoms with Crippen molar-refractivity contribution in [3.8, 4) is 17.2 Å². The van der Waals surface area contributed by atoms with Crippen LogP contribution in [0.3, 0.4) is 0 Å². The Morgan fingerprint density at radius 1 is 0.929 bits per heavy atom. The monoisotopic (exact) mass is 408 g/mol. The van der Waals surface area contributed by atoms with Gasteiger partial charge in [-0.05, 0) is 17.0 Å². The van der Waals surface area contributed by atoms with Gasteiger partial charge in [0.05, 0.1) is 26.9 Å². The molecule has 0 heterocycles. The minimum atomic E-state index is -0.304. The SMILES string of the molecule is COc1cc(OC)c(C(=O)NCC(N)c2ccc(C(C)C)cc2)cc1OC.Cl. The predicted octanol–water partition coefficient (Wildman–Crippen LogP) is 3.69. The van der Waals surface area contributed by atoms with Crippen LogP contribution in [0, 0.1) is 0 Å². The van der Waals surface area contributed by atoms with Gasteiger partial charge < -0.3 is 25.3 Å². The van der Waals surface area contributed by atoms with Crippen LogP contribution in [0.5, 0.6) is 17.2 Å². The lowest BCUT2D eigenvalue weighted by Crippen LogP contribution is -2.32. The molecule has 0 fully saturated rings. The first-order chi connectivity index (χ1) is 12.9. The topological polar surface area (TPSA) is 82.8 Å². The van der Waals surface area contributed by atoms with E-state index in [1.165, 1.54) is 26.9 Å². The summed E-state index contributed by atoms with van der Waals surface area (Å²) in [7, 11) is 4.55. The molecule has 0 aliphatic heterocycles.